The molecule has 0 radical (unpaired) electrons. The van der Waals surface area contributed by atoms with Crippen molar-refractivity contribution in [3.63, 3.8) is 0 Å². The van der Waals surface area contributed by atoms with Gasteiger partial charge in [-0.2, -0.15) is 14.3 Å². The van der Waals surface area contributed by atoms with Crippen LogP contribution in [0.25, 0.3) is 0 Å². The van der Waals surface area contributed by atoms with Crippen LogP contribution in [0, 0.1) is 5.92 Å². The SMILES string of the molecule is CC(C)(C)OC(=O)CC(CCCC1CCCCC1)c1nc(CNS(C)(=O)(O)c2ncn[nH]2)no1. The smallest absolute Gasteiger partial charge is 0.307 e. The van der Waals surface area contributed by atoms with Crippen LogP contribution in [0.1, 0.15) is 96.2 Å². The minimum atomic E-state index is -4.45. The molecular weight excluding hydrogens is 460 g/mol. The number of hydrogen-bond donors (Lipinski definition) is 3. The number of carbonyl (C=O) groups excluding carboxylic acids is 1. The van der Waals surface area contributed by atoms with Crippen LogP contribution in [0.3, 0.4) is 0 Å². The van der Waals surface area contributed by atoms with Gasteiger partial charge in [-0.1, -0.05) is 59.6 Å². The van der Waals surface area contributed by atoms with Gasteiger partial charge in [-0.25, -0.2) is 14.8 Å². The van der Waals surface area contributed by atoms with Crippen LogP contribution in [0.4, 0.5) is 0 Å². The molecule has 34 heavy (non-hydrogen) atoms. The van der Waals surface area contributed by atoms with Crippen molar-refractivity contribution in [2.75, 3.05) is 6.26 Å². The molecule has 1 fully saturated rings. The molecule has 0 aliphatic heterocycles. The van der Waals surface area contributed by atoms with Gasteiger partial charge < -0.3 is 9.26 Å². The summed E-state index contributed by atoms with van der Waals surface area (Å²) < 4.78 is 37.0. The summed E-state index contributed by atoms with van der Waals surface area (Å²) >= 11 is 0. The quantitative estimate of drug-likeness (QED) is 0.393. The summed E-state index contributed by atoms with van der Waals surface area (Å²) in [6, 6.07) is 0. The van der Waals surface area contributed by atoms with E-state index in [1.807, 2.05) is 20.8 Å². The fourth-order valence-corrected chi connectivity index (χ4v) is 5.43. The molecule has 11 nitrogen and oxygen atoms in total. The molecule has 1 aliphatic carbocycles. The zero-order valence-electron chi connectivity index (χ0n) is 20.6. The van der Waals surface area contributed by atoms with E-state index in [4.69, 9.17) is 9.26 Å². The fourth-order valence-electron chi connectivity index (χ4n) is 4.26. The Labute approximate surface area is 200 Å². The Morgan fingerprint density at radius 1 is 1.35 bits per heavy atom. The molecule has 0 amide bonds. The molecule has 0 aromatic carbocycles. The minimum absolute atomic E-state index is 0.121. The van der Waals surface area contributed by atoms with Crippen molar-refractivity contribution in [2.45, 2.75) is 102 Å². The lowest BCUT2D eigenvalue weighted by atomic mass is 9.84. The first-order valence-corrected chi connectivity index (χ1v) is 14.3. The van der Waals surface area contributed by atoms with Crippen molar-refractivity contribution in [3.05, 3.63) is 18.0 Å². The third kappa shape index (κ3) is 7.95. The molecule has 2 aromatic rings. The number of nitrogens with zero attached hydrogens (tertiary/aromatic N) is 4. The van der Waals surface area contributed by atoms with Gasteiger partial charge >= 0.3 is 5.97 Å². The Hall–Kier alpha value is -2.18. The normalized spacial score (nSPS) is 17.7. The van der Waals surface area contributed by atoms with E-state index < -0.39 is 15.1 Å². The molecule has 192 valence electrons. The maximum atomic E-state index is 12.9. The van der Waals surface area contributed by atoms with Crippen molar-refractivity contribution in [1.29, 1.82) is 0 Å². The highest BCUT2D eigenvalue weighted by Gasteiger charge is 2.29. The van der Waals surface area contributed by atoms with Crippen LogP contribution in [0.15, 0.2) is 16.0 Å². The highest BCUT2D eigenvalue weighted by Crippen LogP contribution is 2.31. The number of nitrogens with one attached hydrogen (secondary N) is 2. The number of ether oxygens (including phenoxy) is 1. The second kappa shape index (κ2) is 10.6. The molecule has 0 spiro atoms. The zero-order chi connectivity index (χ0) is 24.8. The number of carbonyl (C=O) groups is 1. The summed E-state index contributed by atoms with van der Waals surface area (Å²) in [6.45, 7) is 5.38. The van der Waals surface area contributed by atoms with E-state index in [1.165, 1.54) is 32.1 Å². The summed E-state index contributed by atoms with van der Waals surface area (Å²) in [5.74, 6) is 0.707. The maximum absolute atomic E-state index is 12.9. The third-order valence-corrected chi connectivity index (χ3v) is 7.91. The van der Waals surface area contributed by atoms with E-state index >= 15 is 0 Å². The molecule has 1 saturated carbocycles. The molecule has 1 unspecified atom stereocenters. The third-order valence-electron chi connectivity index (χ3n) is 5.97. The van der Waals surface area contributed by atoms with E-state index in [0.29, 0.717) is 5.89 Å². The monoisotopic (exact) mass is 498 g/mol. The maximum Gasteiger partial charge on any atom is 0.307 e. The van der Waals surface area contributed by atoms with Crippen molar-refractivity contribution in [3.8, 4) is 0 Å². The summed E-state index contributed by atoms with van der Waals surface area (Å²) in [6.07, 6.45) is 11.7. The molecule has 2 heterocycles. The van der Waals surface area contributed by atoms with E-state index in [1.54, 1.807) is 0 Å². The number of esters is 1. The van der Waals surface area contributed by atoms with E-state index in [0.717, 1.165) is 37.8 Å². The van der Waals surface area contributed by atoms with Gasteiger partial charge in [0.1, 0.15) is 11.9 Å². The summed E-state index contributed by atoms with van der Waals surface area (Å²) in [5.41, 5.74) is -0.577. The van der Waals surface area contributed by atoms with Crippen LogP contribution >= 0.6 is 0 Å². The number of hydrogen-bond acceptors (Lipinski definition) is 8. The Bertz CT molecular complexity index is 988. The van der Waals surface area contributed by atoms with Crippen LogP contribution in [-0.4, -0.2) is 51.9 Å². The molecular formula is C22H38N6O5S. The van der Waals surface area contributed by atoms with Crippen molar-refractivity contribution in [1.82, 2.24) is 30.0 Å². The highest BCUT2D eigenvalue weighted by molar-refractivity contribution is 8.12. The molecule has 1 aliphatic rings. The lowest BCUT2D eigenvalue weighted by Gasteiger charge is -2.36. The number of aromatic amines is 1. The average molecular weight is 499 g/mol. The van der Waals surface area contributed by atoms with Gasteiger partial charge in [0.15, 0.2) is 5.82 Å². The number of H-pyrrole nitrogens is 1. The topological polar surface area (TPSA) is 156 Å². The van der Waals surface area contributed by atoms with Gasteiger partial charge in [0.2, 0.25) is 11.0 Å². The standard InChI is InChI=1S/C22H38N6O5S/c1-22(2,3)32-19(29)13-17(12-8-11-16-9-6-5-7-10-16)20-26-18(28-33-20)14-25-34(4,30,31)21-23-15-24-27-21/h15-17H,5-14H2,1-4H3,(H,23,24,27)(H2,25,30,31). The number of aromatic nitrogens is 5. The lowest BCUT2D eigenvalue weighted by Crippen LogP contribution is -2.46. The summed E-state index contributed by atoms with van der Waals surface area (Å²) in [4.78, 5) is 20.7. The molecule has 2 aromatic heterocycles. The molecule has 3 rings (SSSR count). The molecule has 0 saturated heterocycles. The Morgan fingerprint density at radius 3 is 2.74 bits per heavy atom. The highest BCUT2D eigenvalue weighted by atomic mass is 32.3. The van der Waals surface area contributed by atoms with Crippen LogP contribution in [0.2, 0.25) is 0 Å². The average Bonchev–Trinajstić information content (AvgIpc) is 3.44. The van der Waals surface area contributed by atoms with Gasteiger partial charge in [-0.15, -0.1) is 0 Å². The van der Waals surface area contributed by atoms with Gasteiger partial charge in [-0.3, -0.25) is 9.35 Å². The van der Waals surface area contributed by atoms with Crippen molar-refractivity contribution < 1.29 is 22.8 Å². The first-order chi connectivity index (χ1) is 15.9. The van der Waals surface area contributed by atoms with Crippen LogP contribution < -0.4 is 4.72 Å². The molecule has 3 N–H and O–H groups in total. The zero-order valence-corrected chi connectivity index (χ0v) is 21.4. The largest absolute Gasteiger partial charge is 0.460 e. The summed E-state index contributed by atoms with van der Waals surface area (Å²) in [5, 5.41) is 9.82. The van der Waals surface area contributed by atoms with Crippen molar-refractivity contribution in [2.24, 2.45) is 5.92 Å². The van der Waals surface area contributed by atoms with Gasteiger partial charge in [0.25, 0.3) is 0 Å². The fraction of sp³-hybridized carbons (Fsp3) is 0.773. The Kier molecular flexibility index (Phi) is 8.25. The van der Waals surface area contributed by atoms with E-state index in [9.17, 15) is 13.6 Å². The van der Waals surface area contributed by atoms with Crippen LogP contribution in [0.5, 0.6) is 0 Å². The lowest BCUT2D eigenvalue weighted by molar-refractivity contribution is -0.155. The first-order valence-electron chi connectivity index (χ1n) is 11.9. The first kappa shape index (κ1) is 26.4. The minimum Gasteiger partial charge on any atom is -0.460 e. The Morgan fingerprint density at radius 2 is 2.09 bits per heavy atom. The number of rotatable bonds is 11. The molecule has 12 heteroatoms. The summed E-state index contributed by atoms with van der Waals surface area (Å²) in [7, 11) is -4.45. The Balaban J connectivity index is 1.64. The predicted octanol–water partition coefficient (Wildman–Crippen LogP) is 3.74. The van der Waals surface area contributed by atoms with Gasteiger partial charge in [-0.05, 0) is 33.1 Å². The second-order valence-electron chi connectivity index (χ2n) is 10.4. The molecule has 1 atom stereocenters. The molecule has 0 bridgehead atoms. The van der Waals surface area contributed by atoms with Gasteiger partial charge in [0.05, 0.1) is 13.0 Å². The van der Waals surface area contributed by atoms with Gasteiger partial charge in [0, 0.05) is 12.2 Å². The van der Waals surface area contributed by atoms with Crippen molar-refractivity contribution >= 4 is 15.5 Å². The van der Waals surface area contributed by atoms with E-state index in [2.05, 4.69) is 30.0 Å². The van der Waals surface area contributed by atoms with Crippen LogP contribution in [-0.2, 0) is 25.6 Å². The van der Waals surface area contributed by atoms with E-state index in [-0.39, 0.29) is 35.8 Å². The second-order valence-corrected chi connectivity index (χ2v) is 13.6. The predicted molar refractivity (Wildman–Crippen MR) is 126 cm³/mol.